The molecule has 0 aliphatic carbocycles. The van der Waals surface area contributed by atoms with Crippen molar-refractivity contribution in [3.63, 3.8) is 0 Å². The van der Waals surface area contributed by atoms with Crippen molar-refractivity contribution in [1.29, 1.82) is 0 Å². The second-order valence-electron chi connectivity index (χ2n) is 7.98. The summed E-state index contributed by atoms with van der Waals surface area (Å²) in [4.78, 5) is 23.8. The number of rotatable bonds is 5. The number of benzene rings is 3. The second-order valence-corrected chi connectivity index (χ2v) is 8.38. The number of nitrogens with one attached hydrogen (secondary N) is 2. The Morgan fingerprint density at radius 2 is 1.88 bits per heavy atom. The average molecular weight is 461 g/mol. The number of ether oxygens (including phenoxy) is 2. The lowest BCUT2D eigenvalue weighted by atomic mass is 10.0. The molecule has 2 N–H and O–H groups in total. The number of hydrogen-bond donors (Lipinski definition) is 2. The summed E-state index contributed by atoms with van der Waals surface area (Å²) < 4.78 is 11.2. The van der Waals surface area contributed by atoms with Crippen LogP contribution in [0.5, 0.6) is 11.5 Å². The van der Waals surface area contributed by atoms with E-state index in [-0.39, 0.29) is 24.5 Å². The van der Waals surface area contributed by atoms with Gasteiger partial charge in [0.15, 0.2) is 0 Å². The lowest BCUT2D eigenvalue weighted by molar-refractivity contribution is -0.131. The van der Waals surface area contributed by atoms with Gasteiger partial charge in [-0.25, -0.2) is 0 Å². The zero-order valence-corrected chi connectivity index (χ0v) is 18.4. The third-order valence-electron chi connectivity index (χ3n) is 5.53. The van der Waals surface area contributed by atoms with E-state index in [1.807, 2.05) is 60.7 Å². The quantitative estimate of drug-likeness (QED) is 0.542. The highest BCUT2D eigenvalue weighted by Gasteiger charge is 2.23. The number of halogens is 1. The minimum atomic E-state index is -0.132. The number of para-hydroxylation sites is 1. The van der Waals surface area contributed by atoms with Gasteiger partial charge in [0.1, 0.15) is 18.1 Å². The van der Waals surface area contributed by atoms with Crippen molar-refractivity contribution in [2.45, 2.75) is 12.5 Å². The van der Waals surface area contributed by atoms with Crippen LogP contribution in [0.4, 0.5) is 5.69 Å². The molecule has 0 saturated carbocycles. The summed E-state index contributed by atoms with van der Waals surface area (Å²) in [7, 11) is 0. The van der Waals surface area contributed by atoms with E-state index in [9.17, 15) is 9.59 Å². The van der Waals surface area contributed by atoms with Crippen molar-refractivity contribution in [1.82, 2.24) is 5.32 Å². The van der Waals surface area contributed by atoms with Crippen molar-refractivity contribution >= 4 is 40.8 Å². The van der Waals surface area contributed by atoms with E-state index in [1.165, 1.54) is 0 Å². The van der Waals surface area contributed by atoms with Gasteiger partial charge in [-0.05, 0) is 54.0 Å². The number of amides is 2. The normalized spacial score (nSPS) is 18.6. The number of morpholine rings is 1. The van der Waals surface area contributed by atoms with Crippen molar-refractivity contribution in [2.24, 2.45) is 0 Å². The molecule has 1 atom stereocenters. The maximum Gasteiger partial charge on any atom is 0.256 e. The molecule has 1 unspecified atom stereocenters. The maximum absolute atomic E-state index is 12.3. The van der Waals surface area contributed by atoms with Crippen LogP contribution in [0.25, 0.3) is 11.6 Å². The topological polar surface area (TPSA) is 76.7 Å². The summed E-state index contributed by atoms with van der Waals surface area (Å²) >= 11 is 6.47. The van der Waals surface area contributed by atoms with E-state index >= 15 is 0 Å². The molecule has 1 saturated heterocycles. The molecule has 0 radical (unpaired) electrons. The number of carbonyl (C=O) groups excluding carboxylic acids is 2. The lowest BCUT2D eigenvalue weighted by Crippen LogP contribution is -2.46. The molecule has 7 heteroatoms. The van der Waals surface area contributed by atoms with Gasteiger partial charge in [-0.3, -0.25) is 9.59 Å². The van der Waals surface area contributed by atoms with Crippen LogP contribution in [0.3, 0.4) is 0 Å². The molecule has 33 heavy (non-hydrogen) atoms. The second kappa shape index (κ2) is 9.10. The number of fused-ring (bicyclic) bond motifs is 1. The van der Waals surface area contributed by atoms with Gasteiger partial charge in [-0.15, -0.1) is 0 Å². The van der Waals surface area contributed by atoms with Gasteiger partial charge in [0, 0.05) is 16.8 Å². The predicted octanol–water partition coefficient (Wildman–Crippen LogP) is 4.68. The standard InChI is InChI=1S/C26H21ClN2O4/c27-22-13-17(12-21-20-3-1-2-4-23(20)29-26(21)31)7-10-24(22)33-19-8-5-16(6-9-19)11-18-14-32-15-25(30)28-18/h1-10,12-13,18H,11,14-15H2,(H,28,30)(H,29,31). The first-order valence-corrected chi connectivity index (χ1v) is 11.0. The van der Waals surface area contributed by atoms with E-state index in [0.29, 0.717) is 35.1 Å². The molecular formula is C26H21ClN2O4. The van der Waals surface area contributed by atoms with Crippen LogP contribution in [-0.4, -0.2) is 31.1 Å². The Labute approximate surface area is 196 Å². The summed E-state index contributed by atoms with van der Waals surface area (Å²) in [5.74, 6) is 0.959. The highest BCUT2D eigenvalue weighted by Crippen LogP contribution is 2.35. The highest BCUT2D eigenvalue weighted by molar-refractivity contribution is 6.35. The molecule has 2 aliphatic rings. The zero-order chi connectivity index (χ0) is 22.8. The molecule has 0 spiro atoms. The molecule has 2 aliphatic heterocycles. The van der Waals surface area contributed by atoms with Gasteiger partial charge in [0.05, 0.1) is 17.7 Å². The minimum absolute atomic E-state index is 0.0250. The fourth-order valence-electron chi connectivity index (χ4n) is 3.96. The first-order chi connectivity index (χ1) is 16.0. The van der Waals surface area contributed by atoms with Gasteiger partial charge in [-0.1, -0.05) is 48.0 Å². The van der Waals surface area contributed by atoms with Crippen molar-refractivity contribution < 1.29 is 19.1 Å². The van der Waals surface area contributed by atoms with Crippen LogP contribution >= 0.6 is 11.6 Å². The van der Waals surface area contributed by atoms with Crippen LogP contribution in [0.1, 0.15) is 16.7 Å². The van der Waals surface area contributed by atoms with E-state index in [2.05, 4.69) is 10.6 Å². The molecule has 0 aromatic heterocycles. The summed E-state index contributed by atoms with van der Waals surface area (Å²) in [6.45, 7) is 0.635. The van der Waals surface area contributed by atoms with E-state index in [4.69, 9.17) is 21.1 Å². The monoisotopic (exact) mass is 460 g/mol. The molecular weight excluding hydrogens is 440 g/mol. The van der Waals surface area contributed by atoms with Gasteiger partial charge in [0.2, 0.25) is 5.91 Å². The third kappa shape index (κ3) is 4.77. The Morgan fingerprint density at radius 3 is 2.67 bits per heavy atom. The van der Waals surface area contributed by atoms with Crippen molar-refractivity contribution in [3.05, 3.63) is 88.4 Å². The fraction of sp³-hybridized carbons (Fsp3) is 0.154. The van der Waals surface area contributed by atoms with Crippen LogP contribution in [0.2, 0.25) is 5.02 Å². The Morgan fingerprint density at radius 1 is 1.06 bits per heavy atom. The molecule has 3 aromatic rings. The predicted molar refractivity (Wildman–Crippen MR) is 127 cm³/mol. The van der Waals surface area contributed by atoms with Gasteiger partial charge < -0.3 is 20.1 Å². The maximum atomic E-state index is 12.3. The molecule has 0 bridgehead atoms. The molecule has 5 rings (SSSR count). The average Bonchev–Trinajstić information content (AvgIpc) is 3.12. The first-order valence-electron chi connectivity index (χ1n) is 10.6. The van der Waals surface area contributed by atoms with Crippen LogP contribution < -0.4 is 15.4 Å². The van der Waals surface area contributed by atoms with Gasteiger partial charge in [-0.2, -0.15) is 0 Å². The third-order valence-corrected chi connectivity index (χ3v) is 5.82. The van der Waals surface area contributed by atoms with Gasteiger partial charge >= 0.3 is 0 Å². The molecule has 1 fully saturated rings. The van der Waals surface area contributed by atoms with Gasteiger partial charge in [0.25, 0.3) is 5.91 Å². The Hall–Kier alpha value is -3.61. The Kier molecular flexibility index (Phi) is 5.86. The smallest absolute Gasteiger partial charge is 0.256 e. The summed E-state index contributed by atoms with van der Waals surface area (Å²) in [5, 5.41) is 6.24. The van der Waals surface area contributed by atoms with E-state index in [0.717, 1.165) is 22.4 Å². The van der Waals surface area contributed by atoms with Crippen molar-refractivity contribution in [2.75, 3.05) is 18.5 Å². The highest BCUT2D eigenvalue weighted by atomic mass is 35.5. The Bertz CT molecular complexity index is 1250. The zero-order valence-electron chi connectivity index (χ0n) is 17.6. The molecule has 2 heterocycles. The lowest BCUT2D eigenvalue weighted by Gasteiger charge is -2.23. The summed E-state index contributed by atoms with van der Waals surface area (Å²) in [5.41, 5.74) is 4.16. The van der Waals surface area contributed by atoms with E-state index < -0.39 is 0 Å². The van der Waals surface area contributed by atoms with Crippen molar-refractivity contribution in [3.8, 4) is 11.5 Å². The SMILES string of the molecule is O=C1COCC(Cc2ccc(Oc3ccc(C=C4C(=O)Nc5ccccc54)cc3Cl)cc2)N1. The minimum Gasteiger partial charge on any atom is -0.456 e. The van der Waals surface area contributed by atoms with Crippen LogP contribution in [-0.2, 0) is 20.7 Å². The van der Waals surface area contributed by atoms with Crippen LogP contribution in [0.15, 0.2) is 66.7 Å². The first kappa shape index (κ1) is 21.2. The molecule has 2 amide bonds. The fourth-order valence-corrected chi connectivity index (χ4v) is 4.19. The Balaban J connectivity index is 1.27. The number of carbonyl (C=O) groups is 2. The largest absolute Gasteiger partial charge is 0.456 e. The van der Waals surface area contributed by atoms with E-state index in [1.54, 1.807) is 12.1 Å². The molecule has 3 aromatic carbocycles. The number of hydrogen-bond acceptors (Lipinski definition) is 4. The number of anilines is 1. The van der Waals surface area contributed by atoms with Crippen LogP contribution in [0, 0.1) is 0 Å². The molecule has 166 valence electrons. The summed E-state index contributed by atoms with van der Waals surface area (Å²) in [6, 6.07) is 20.6. The molecule has 6 nitrogen and oxygen atoms in total. The summed E-state index contributed by atoms with van der Waals surface area (Å²) in [6.07, 6.45) is 2.51.